The van der Waals surface area contributed by atoms with Crippen molar-refractivity contribution in [1.82, 2.24) is 4.98 Å². The van der Waals surface area contributed by atoms with E-state index in [0.29, 0.717) is 26.4 Å². The minimum Gasteiger partial charge on any atom is -0.450 e. The zero-order chi connectivity index (χ0) is 24.3. The van der Waals surface area contributed by atoms with Crippen LogP contribution in [0.2, 0.25) is 0 Å². The first-order valence-electron chi connectivity index (χ1n) is 11.4. The number of aromatic nitrogens is 1. The Morgan fingerprint density at radius 2 is 0.971 bits per heavy atom. The molecule has 0 saturated heterocycles. The quantitative estimate of drug-likeness (QED) is 0.513. The van der Waals surface area contributed by atoms with Crippen LogP contribution in [-0.4, -0.2) is 56.6 Å². The average molecular weight is 478 g/mol. The molecule has 8 nitrogen and oxygen atoms in total. The minimum absolute atomic E-state index is 0.00246. The Labute approximate surface area is 203 Å². The highest BCUT2D eigenvalue weighted by Crippen LogP contribution is 2.21. The number of ether oxygens (including phenoxy) is 5. The third kappa shape index (κ3) is 7.19. The molecule has 1 aromatic heterocycles. The lowest BCUT2D eigenvalue weighted by Crippen LogP contribution is -2.22. The number of rotatable bonds is 2. The lowest BCUT2D eigenvalue weighted by Gasteiger charge is -2.20. The molecule has 0 N–H and O–H groups in total. The molecule has 8 heteroatoms. The third-order valence-electron chi connectivity index (χ3n) is 5.29. The van der Waals surface area contributed by atoms with Crippen LogP contribution in [0.1, 0.15) is 44.3 Å². The predicted octanol–water partition coefficient (Wildman–Crippen LogP) is 3.94. The smallest absolute Gasteiger partial charge is 0.357 e. The number of fused-ring (bicyclic) bond motifs is 2. The Hall–Kier alpha value is -3.59. The fraction of sp³-hybridized carbons (Fsp3) is 0.296. The van der Waals surface area contributed by atoms with E-state index in [4.69, 9.17) is 23.7 Å². The van der Waals surface area contributed by atoms with Gasteiger partial charge in [0, 0.05) is 0 Å². The van der Waals surface area contributed by atoms with Gasteiger partial charge >= 0.3 is 11.9 Å². The van der Waals surface area contributed by atoms with E-state index in [9.17, 15) is 9.59 Å². The van der Waals surface area contributed by atoms with Crippen molar-refractivity contribution in [1.29, 1.82) is 0 Å². The molecular weight excluding hydrogens is 450 g/mol. The van der Waals surface area contributed by atoms with Crippen LogP contribution in [0.4, 0.5) is 0 Å². The van der Waals surface area contributed by atoms with Crippen LogP contribution in [0, 0.1) is 0 Å². The van der Waals surface area contributed by atoms with Crippen LogP contribution < -0.4 is 0 Å². The van der Waals surface area contributed by atoms with Crippen LogP contribution in [0.25, 0.3) is 0 Å². The van der Waals surface area contributed by atoms with Gasteiger partial charge in [-0.25, -0.2) is 14.6 Å². The largest absolute Gasteiger partial charge is 0.450 e. The Morgan fingerprint density at radius 3 is 1.43 bits per heavy atom. The Bertz CT molecular complexity index is 1010. The highest BCUT2D eigenvalue weighted by atomic mass is 16.6. The van der Waals surface area contributed by atoms with E-state index in [-0.39, 0.29) is 24.6 Å². The topological polar surface area (TPSA) is 93.2 Å². The fourth-order valence-electron chi connectivity index (χ4n) is 3.49. The van der Waals surface area contributed by atoms with Crippen molar-refractivity contribution >= 4 is 11.9 Å². The number of carbonyl (C=O) groups excluding carboxylic acids is 2. The number of esters is 2. The van der Waals surface area contributed by atoms with Crippen molar-refractivity contribution in [2.24, 2.45) is 0 Å². The van der Waals surface area contributed by atoms with Crippen molar-refractivity contribution < 1.29 is 33.3 Å². The average Bonchev–Trinajstić information content (AvgIpc) is 2.91. The summed E-state index contributed by atoms with van der Waals surface area (Å²) in [5.74, 6) is -1.34. The third-order valence-corrected chi connectivity index (χ3v) is 5.29. The second-order valence-corrected chi connectivity index (χ2v) is 7.78. The molecule has 2 aromatic carbocycles. The maximum absolute atomic E-state index is 12.9. The van der Waals surface area contributed by atoms with Crippen molar-refractivity contribution in [2.45, 2.75) is 12.2 Å². The molecule has 0 aliphatic carbocycles. The van der Waals surface area contributed by atoms with Crippen LogP contribution in [0.15, 0.2) is 78.9 Å². The standard InChI is InChI=1S/C27H27NO7/c29-26-22-12-7-13-23(28-22)27(30)35-25(21-10-5-2-6-11-21)19-33-17-15-31-14-16-32-18-24(34-26)20-8-3-1-4-9-20/h1-13,24-25H,14-19H2/t24-,25-/m1/s1. The molecule has 0 unspecified atom stereocenters. The molecule has 0 amide bonds. The Kier molecular flexibility index (Phi) is 8.94. The molecule has 1 aliphatic heterocycles. The van der Waals surface area contributed by atoms with Crippen molar-refractivity contribution in [3.8, 4) is 0 Å². The zero-order valence-corrected chi connectivity index (χ0v) is 19.2. The van der Waals surface area contributed by atoms with Crippen molar-refractivity contribution in [2.75, 3.05) is 39.6 Å². The summed E-state index contributed by atoms with van der Waals surface area (Å²) in [6.07, 6.45) is -1.29. The van der Waals surface area contributed by atoms with E-state index in [1.807, 2.05) is 60.7 Å². The molecule has 2 bridgehead atoms. The number of hydrogen-bond acceptors (Lipinski definition) is 8. The minimum atomic E-state index is -0.669. The second-order valence-electron chi connectivity index (χ2n) is 7.78. The monoisotopic (exact) mass is 477 g/mol. The predicted molar refractivity (Wildman–Crippen MR) is 126 cm³/mol. The van der Waals surface area contributed by atoms with Crippen LogP contribution in [-0.2, 0) is 23.7 Å². The number of carbonyl (C=O) groups is 2. The van der Waals surface area contributed by atoms with Crippen molar-refractivity contribution in [3.05, 3.63) is 101 Å². The molecule has 0 saturated carbocycles. The first-order valence-corrected chi connectivity index (χ1v) is 11.4. The van der Waals surface area contributed by atoms with Crippen molar-refractivity contribution in [3.63, 3.8) is 0 Å². The van der Waals surface area contributed by atoms with E-state index in [2.05, 4.69) is 4.98 Å². The first kappa shape index (κ1) is 24.5. The summed E-state index contributed by atoms with van der Waals surface area (Å²) in [5, 5.41) is 0. The van der Waals surface area contributed by atoms with Crippen LogP contribution >= 0.6 is 0 Å². The van der Waals surface area contributed by atoms with Gasteiger partial charge in [-0.1, -0.05) is 66.7 Å². The lowest BCUT2D eigenvalue weighted by atomic mass is 10.1. The molecule has 0 radical (unpaired) electrons. The molecular formula is C27H27NO7. The van der Waals surface area contributed by atoms with Gasteiger partial charge in [-0.2, -0.15) is 0 Å². The molecule has 1 aliphatic rings. The van der Waals surface area contributed by atoms with Gasteiger partial charge in [-0.3, -0.25) is 0 Å². The molecule has 2 atom stereocenters. The molecule has 182 valence electrons. The second kappa shape index (κ2) is 12.8. The summed E-state index contributed by atoms with van der Waals surface area (Å²) in [5.41, 5.74) is 1.56. The van der Waals surface area contributed by atoms with Gasteiger partial charge in [0.2, 0.25) is 0 Å². The van der Waals surface area contributed by atoms with Gasteiger partial charge in [0.15, 0.2) is 12.2 Å². The molecule has 0 fully saturated rings. The number of cyclic esters (lactones) is 2. The van der Waals surface area contributed by atoms with Gasteiger partial charge in [0.1, 0.15) is 11.4 Å². The molecule has 2 heterocycles. The van der Waals surface area contributed by atoms with Gasteiger partial charge < -0.3 is 23.7 Å². The normalized spacial score (nSPS) is 20.7. The fourth-order valence-corrected chi connectivity index (χ4v) is 3.49. The van der Waals surface area contributed by atoms with Gasteiger partial charge in [0.25, 0.3) is 0 Å². The Balaban J connectivity index is 1.56. The first-order chi connectivity index (χ1) is 17.2. The SMILES string of the molecule is O=C1O[C@@H](c2ccccc2)COCCOCCOC[C@H](c2ccccc2)OC(=O)c2cccc1n2. The van der Waals surface area contributed by atoms with Gasteiger partial charge in [-0.15, -0.1) is 0 Å². The van der Waals surface area contributed by atoms with E-state index in [0.717, 1.165) is 11.1 Å². The summed E-state index contributed by atoms with van der Waals surface area (Å²) in [4.78, 5) is 30.0. The van der Waals surface area contributed by atoms with E-state index in [1.54, 1.807) is 6.07 Å². The highest BCUT2D eigenvalue weighted by molar-refractivity contribution is 5.91. The van der Waals surface area contributed by atoms with E-state index >= 15 is 0 Å². The number of pyridine rings is 1. The number of hydrogen-bond donors (Lipinski definition) is 0. The number of nitrogens with zero attached hydrogens (tertiary/aromatic N) is 1. The van der Waals surface area contributed by atoms with Gasteiger partial charge in [0.05, 0.1) is 39.6 Å². The molecule has 35 heavy (non-hydrogen) atoms. The van der Waals surface area contributed by atoms with Crippen LogP contribution in [0.3, 0.4) is 0 Å². The summed E-state index contributed by atoms with van der Waals surface area (Å²) >= 11 is 0. The van der Waals surface area contributed by atoms with Crippen LogP contribution in [0.5, 0.6) is 0 Å². The maximum Gasteiger partial charge on any atom is 0.357 e. The lowest BCUT2D eigenvalue weighted by molar-refractivity contribution is -0.0359. The summed E-state index contributed by atoms with van der Waals surface area (Å²) in [6.45, 7) is 1.68. The molecule has 3 aromatic rings. The maximum atomic E-state index is 12.9. The van der Waals surface area contributed by atoms with Gasteiger partial charge in [-0.05, 0) is 23.3 Å². The highest BCUT2D eigenvalue weighted by Gasteiger charge is 2.23. The van der Waals surface area contributed by atoms with E-state index in [1.165, 1.54) is 12.1 Å². The number of benzene rings is 2. The summed E-state index contributed by atoms with van der Waals surface area (Å²) < 4.78 is 28.4. The van der Waals surface area contributed by atoms with E-state index < -0.39 is 24.1 Å². The molecule has 4 rings (SSSR count). The summed E-state index contributed by atoms with van der Waals surface area (Å²) in [7, 11) is 0. The molecule has 0 spiro atoms. The summed E-state index contributed by atoms with van der Waals surface area (Å²) in [6, 6.07) is 23.1. The Morgan fingerprint density at radius 1 is 0.543 bits per heavy atom. The zero-order valence-electron chi connectivity index (χ0n) is 19.2.